The lowest BCUT2D eigenvalue weighted by atomic mass is 10.1. The van der Waals surface area contributed by atoms with E-state index < -0.39 is 0 Å². The van der Waals surface area contributed by atoms with E-state index in [0.717, 1.165) is 55.0 Å². The molecule has 7 nitrogen and oxygen atoms in total. The van der Waals surface area contributed by atoms with Crippen LogP contribution < -0.4 is 10.6 Å². The summed E-state index contributed by atoms with van der Waals surface area (Å²) in [6, 6.07) is 16.0. The zero-order valence-electron chi connectivity index (χ0n) is 18.7. The van der Waals surface area contributed by atoms with Crippen LogP contribution in [0.1, 0.15) is 28.5 Å². The van der Waals surface area contributed by atoms with Crippen LogP contribution in [0.3, 0.4) is 0 Å². The Morgan fingerprint density at radius 3 is 2.62 bits per heavy atom. The van der Waals surface area contributed by atoms with Crippen LogP contribution in [0.4, 0.5) is 5.69 Å². The maximum atomic E-state index is 13.2. The van der Waals surface area contributed by atoms with Crippen molar-refractivity contribution in [2.45, 2.75) is 20.4 Å². The molecule has 2 N–H and O–H groups in total. The van der Waals surface area contributed by atoms with E-state index in [-0.39, 0.29) is 11.8 Å². The molecule has 0 spiro atoms. The molecule has 4 rings (SSSR count). The monoisotopic (exact) mass is 434 g/mol. The van der Waals surface area contributed by atoms with E-state index in [2.05, 4.69) is 40.7 Å². The van der Waals surface area contributed by atoms with Gasteiger partial charge in [0, 0.05) is 56.2 Å². The second-order valence-electron chi connectivity index (χ2n) is 8.27. The lowest BCUT2D eigenvalue weighted by Crippen LogP contribution is -2.41. The summed E-state index contributed by atoms with van der Waals surface area (Å²) >= 11 is 0. The minimum atomic E-state index is -0.121. The minimum Gasteiger partial charge on any atom is -0.379 e. The number of carbonyl (C=O) groups excluding carboxylic acids is 2. The SMILES string of the molecule is CC(=O)Nc1ccc2c(c1)cc(C(=O)NCCN1CCOCC1)n2Cc1cccc(C)c1. The minimum absolute atomic E-state index is 0.0943. The molecule has 1 aromatic heterocycles. The van der Waals surface area contributed by atoms with Crippen molar-refractivity contribution in [3.8, 4) is 0 Å². The molecule has 1 saturated heterocycles. The summed E-state index contributed by atoms with van der Waals surface area (Å²) in [5, 5.41) is 6.82. The molecule has 0 bridgehead atoms. The molecular formula is C25H30N4O3. The van der Waals surface area contributed by atoms with Gasteiger partial charge in [0.25, 0.3) is 5.91 Å². The lowest BCUT2D eigenvalue weighted by Gasteiger charge is -2.26. The Morgan fingerprint density at radius 1 is 1.06 bits per heavy atom. The first kappa shape index (κ1) is 22.0. The zero-order valence-corrected chi connectivity index (χ0v) is 18.7. The van der Waals surface area contributed by atoms with Crippen molar-refractivity contribution in [1.82, 2.24) is 14.8 Å². The highest BCUT2D eigenvalue weighted by Gasteiger charge is 2.17. The summed E-state index contributed by atoms with van der Waals surface area (Å²) < 4.78 is 7.43. The summed E-state index contributed by atoms with van der Waals surface area (Å²) in [6.45, 7) is 8.82. The van der Waals surface area contributed by atoms with E-state index in [4.69, 9.17) is 4.74 Å². The number of amides is 2. The zero-order chi connectivity index (χ0) is 22.5. The van der Waals surface area contributed by atoms with Crippen LogP contribution in [0.25, 0.3) is 10.9 Å². The van der Waals surface area contributed by atoms with Gasteiger partial charge >= 0.3 is 0 Å². The van der Waals surface area contributed by atoms with Crippen LogP contribution in [0.15, 0.2) is 48.5 Å². The van der Waals surface area contributed by atoms with Gasteiger partial charge in [-0.15, -0.1) is 0 Å². The summed E-state index contributed by atoms with van der Waals surface area (Å²) in [6.07, 6.45) is 0. The van der Waals surface area contributed by atoms with E-state index in [1.165, 1.54) is 12.5 Å². The number of hydrogen-bond donors (Lipinski definition) is 2. The fraction of sp³-hybridized carbons (Fsp3) is 0.360. The molecule has 32 heavy (non-hydrogen) atoms. The molecule has 1 aliphatic rings. The third-order valence-electron chi connectivity index (χ3n) is 5.69. The number of fused-ring (bicyclic) bond motifs is 1. The molecule has 3 aromatic rings. The maximum Gasteiger partial charge on any atom is 0.267 e. The highest BCUT2D eigenvalue weighted by Crippen LogP contribution is 2.25. The van der Waals surface area contributed by atoms with Crippen molar-refractivity contribution in [1.29, 1.82) is 0 Å². The molecule has 2 heterocycles. The first-order chi connectivity index (χ1) is 15.5. The first-order valence-electron chi connectivity index (χ1n) is 11.0. The number of aromatic nitrogens is 1. The number of nitrogens with zero attached hydrogens (tertiary/aromatic N) is 2. The predicted molar refractivity (Wildman–Crippen MR) is 126 cm³/mol. The first-order valence-corrected chi connectivity index (χ1v) is 11.0. The maximum absolute atomic E-state index is 13.2. The highest BCUT2D eigenvalue weighted by molar-refractivity contribution is 6.00. The standard InChI is InChI=1S/C25H30N4O3/c1-18-4-3-5-20(14-18)17-29-23-7-6-22(27-19(2)30)15-21(23)16-24(29)25(31)26-8-9-28-10-12-32-13-11-28/h3-7,14-16H,8-13,17H2,1-2H3,(H,26,31)(H,27,30). The Hall–Kier alpha value is -3.16. The molecular weight excluding hydrogens is 404 g/mol. The van der Waals surface area contributed by atoms with Gasteiger partial charge in [-0.1, -0.05) is 29.8 Å². The molecule has 1 aliphatic heterocycles. The topological polar surface area (TPSA) is 75.6 Å². The van der Waals surface area contributed by atoms with Gasteiger partial charge in [0.15, 0.2) is 0 Å². The van der Waals surface area contributed by atoms with Gasteiger partial charge in [0.1, 0.15) is 5.69 Å². The van der Waals surface area contributed by atoms with Crippen LogP contribution in [-0.4, -0.2) is 60.7 Å². The van der Waals surface area contributed by atoms with Crippen molar-refractivity contribution >= 4 is 28.4 Å². The number of hydrogen-bond acceptors (Lipinski definition) is 4. The second-order valence-corrected chi connectivity index (χ2v) is 8.27. The van der Waals surface area contributed by atoms with Crippen molar-refractivity contribution in [2.24, 2.45) is 0 Å². The Labute approximate surface area is 188 Å². The van der Waals surface area contributed by atoms with Gasteiger partial charge in [0.05, 0.1) is 13.2 Å². The van der Waals surface area contributed by atoms with Crippen molar-refractivity contribution < 1.29 is 14.3 Å². The smallest absolute Gasteiger partial charge is 0.267 e. The summed E-state index contributed by atoms with van der Waals surface area (Å²) in [7, 11) is 0. The molecule has 7 heteroatoms. The van der Waals surface area contributed by atoms with E-state index in [1.807, 2.05) is 34.9 Å². The Kier molecular flexibility index (Phi) is 6.87. The van der Waals surface area contributed by atoms with E-state index in [1.54, 1.807) is 0 Å². The van der Waals surface area contributed by atoms with Gasteiger partial charge in [-0.2, -0.15) is 0 Å². The third-order valence-corrected chi connectivity index (χ3v) is 5.69. The third kappa shape index (κ3) is 5.36. The van der Waals surface area contributed by atoms with Crippen molar-refractivity contribution in [3.05, 3.63) is 65.4 Å². The fourth-order valence-corrected chi connectivity index (χ4v) is 4.15. The molecule has 0 saturated carbocycles. The number of morpholine rings is 1. The van der Waals surface area contributed by atoms with Crippen LogP contribution in [-0.2, 0) is 16.1 Å². The van der Waals surface area contributed by atoms with E-state index in [0.29, 0.717) is 18.8 Å². The number of anilines is 1. The van der Waals surface area contributed by atoms with Gasteiger partial charge in [-0.3, -0.25) is 14.5 Å². The number of nitrogens with one attached hydrogen (secondary N) is 2. The van der Waals surface area contributed by atoms with Crippen LogP contribution in [0.5, 0.6) is 0 Å². The fourth-order valence-electron chi connectivity index (χ4n) is 4.15. The molecule has 0 unspecified atom stereocenters. The number of ether oxygens (including phenoxy) is 1. The van der Waals surface area contributed by atoms with Gasteiger partial charge in [-0.05, 0) is 36.8 Å². The van der Waals surface area contributed by atoms with Crippen LogP contribution in [0, 0.1) is 6.92 Å². The average Bonchev–Trinajstić information content (AvgIpc) is 3.11. The highest BCUT2D eigenvalue weighted by atomic mass is 16.5. The predicted octanol–water partition coefficient (Wildman–Crippen LogP) is 3.02. The van der Waals surface area contributed by atoms with E-state index >= 15 is 0 Å². The van der Waals surface area contributed by atoms with Crippen LogP contribution in [0.2, 0.25) is 0 Å². The molecule has 0 aliphatic carbocycles. The Bertz CT molecular complexity index is 1120. The second kappa shape index (κ2) is 9.97. The van der Waals surface area contributed by atoms with E-state index in [9.17, 15) is 9.59 Å². The number of aryl methyl sites for hydroxylation is 1. The molecule has 2 amide bonds. The van der Waals surface area contributed by atoms with Gasteiger partial charge in [0.2, 0.25) is 5.91 Å². The average molecular weight is 435 g/mol. The summed E-state index contributed by atoms with van der Waals surface area (Å²) in [5.74, 6) is -0.215. The quantitative estimate of drug-likeness (QED) is 0.599. The Balaban J connectivity index is 1.59. The summed E-state index contributed by atoms with van der Waals surface area (Å²) in [4.78, 5) is 26.9. The number of benzene rings is 2. The molecule has 1 fully saturated rings. The van der Waals surface area contributed by atoms with Crippen molar-refractivity contribution in [3.63, 3.8) is 0 Å². The molecule has 2 aromatic carbocycles. The lowest BCUT2D eigenvalue weighted by molar-refractivity contribution is -0.114. The van der Waals surface area contributed by atoms with Gasteiger partial charge < -0.3 is 19.9 Å². The summed E-state index contributed by atoms with van der Waals surface area (Å²) in [5.41, 5.74) is 4.61. The molecule has 0 radical (unpaired) electrons. The number of rotatable bonds is 7. The normalized spacial score (nSPS) is 14.4. The van der Waals surface area contributed by atoms with Crippen molar-refractivity contribution in [2.75, 3.05) is 44.7 Å². The Morgan fingerprint density at radius 2 is 1.88 bits per heavy atom. The molecule has 168 valence electrons. The van der Waals surface area contributed by atoms with Crippen LogP contribution >= 0.6 is 0 Å². The number of carbonyl (C=O) groups is 2. The molecule has 0 atom stereocenters. The van der Waals surface area contributed by atoms with Gasteiger partial charge in [-0.25, -0.2) is 0 Å². The largest absolute Gasteiger partial charge is 0.379 e.